The highest BCUT2D eigenvalue weighted by molar-refractivity contribution is 6.30. The van der Waals surface area contributed by atoms with E-state index in [4.69, 9.17) is 21.4 Å². The van der Waals surface area contributed by atoms with E-state index in [1.807, 2.05) is 31.2 Å². The number of hydrogen-bond donors (Lipinski definition) is 1. The molecular formula is C17H15ClO3. The molecule has 0 aromatic heterocycles. The Labute approximate surface area is 128 Å². The minimum Gasteiger partial charge on any atom is -0.487 e. The van der Waals surface area contributed by atoms with E-state index in [-0.39, 0.29) is 5.60 Å². The van der Waals surface area contributed by atoms with Gasteiger partial charge >= 0.3 is 5.97 Å². The Balaban J connectivity index is 1.84. The van der Waals surface area contributed by atoms with Crippen molar-refractivity contribution in [3.8, 4) is 5.75 Å². The molecule has 1 aliphatic rings. The Kier molecular flexibility index (Phi) is 3.38. The second kappa shape index (κ2) is 5.08. The van der Waals surface area contributed by atoms with Crippen LogP contribution in [0.15, 0.2) is 42.5 Å². The molecule has 1 atom stereocenters. The Morgan fingerprint density at radius 1 is 1.33 bits per heavy atom. The second-order valence-electron chi connectivity index (χ2n) is 5.66. The highest BCUT2D eigenvalue weighted by Crippen LogP contribution is 2.37. The van der Waals surface area contributed by atoms with Gasteiger partial charge in [-0.15, -0.1) is 0 Å². The predicted octanol–water partition coefficient (Wildman–Crippen LogP) is 3.97. The molecule has 0 spiro atoms. The monoisotopic (exact) mass is 302 g/mol. The molecule has 0 aliphatic carbocycles. The van der Waals surface area contributed by atoms with Gasteiger partial charge in [0.15, 0.2) is 0 Å². The lowest BCUT2D eigenvalue weighted by molar-refractivity contribution is 0.0697. The molecule has 3 nitrogen and oxygen atoms in total. The summed E-state index contributed by atoms with van der Waals surface area (Å²) in [7, 11) is 0. The molecule has 21 heavy (non-hydrogen) atoms. The maximum Gasteiger partial charge on any atom is 0.335 e. The summed E-state index contributed by atoms with van der Waals surface area (Å²) in [5, 5.41) is 9.76. The van der Waals surface area contributed by atoms with Crippen molar-refractivity contribution >= 4 is 17.6 Å². The van der Waals surface area contributed by atoms with Gasteiger partial charge in [0.25, 0.3) is 0 Å². The summed E-state index contributed by atoms with van der Waals surface area (Å²) in [6.45, 7) is 2.04. The molecule has 1 heterocycles. The van der Waals surface area contributed by atoms with Crippen LogP contribution in [-0.2, 0) is 12.8 Å². The van der Waals surface area contributed by atoms with Crippen LogP contribution in [0.25, 0.3) is 0 Å². The van der Waals surface area contributed by atoms with Crippen molar-refractivity contribution in [2.24, 2.45) is 0 Å². The SMILES string of the molecule is CC1(Cc2cccc(Cl)c2)Cc2cc(C(=O)O)ccc2O1. The summed E-state index contributed by atoms with van der Waals surface area (Å²) in [5.41, 5.74) is 1.98. The van der Waals surface area contributed by atoms with Crippen LogP contribution in [0.5, 0.6) is 5.75 Å². The first kappa shape index (κ1) is 14.0. The minimum absolute atomic E-state index is 0.296. The number of hydrogen-bond acceptors (Lipinski definition) is 2. The van der Waals surface area contributed by atoms with Crippen LogP contribution in [0.3, 0.4) is 0 Å². The normalized spacial score (nSPS) is 19.9. The van der Waals surface area contributed by atoms with Crippen molar-refractivity contribution in [2.75, 3.05) is 0 Å². The van der Waals surface area contributed by atoms with Gasteiger partial charge in [-0.1, -0.05) is 23.7 Å². The minimum atomic E-state index is -0.916. The van der Waals surface area contributed by atoms with Crippen LogP contribution in [0.4, 0.5) is 0 Å². The fraction of sp³-hybridized carbons (Fsp3) is 0.235. The van der Waals surface area contributed by atoms with Gasteiger partial charge < -0.3 is 9.84 Å². The van der Waals surface area contributed by atoms with Crippen molar-refractivity contribution in [1.29, 1.82) is 0 Å². The third-order valence-electron chi connectivity index (χ3n) is 3.70. The van der Waals surface area contributed by atoms with Crippen LogP contribution in [0.1, 0.15) is 28.4 Å². The first-order valence-electron chi connectivity index (χ1n) is 6.75. The number of rotatable bonds is 3. The molecule has 0 radical (unpaired) electrons. The zero-order valence-corrected chi connectivity index (χ0v) is 12.4. The van der Waals surface area contributed by atoms with Gasteiger partial charge in [-0.05, 0) is 48.4 Å². The van der Waals surface area contributed by atoms with Gasteiger partial charge in [0.1, 0.15) is 11.4 Å². The van der Waals surface area contributed by atoms with Crippen LogP contribution >= 0.6 is 11.6 Å². The van der Waals surface area contributed by atoms with Crippen molar-refractivity contribution in [2.45, 2.75) is 25.4 Å². The molecule has 1 aliphatic heterocycles. The molecule has 1 N–H and O–H groups in total. The van der Waals surface area contributed by atoms with E-state index in [9.17, 15) is 4.79 Å². The van der Waals surface area contributed by atoms with Gasteiger partial charge in [-0.25, -0.2) is 4.79 Å². The molecule has 108 valence electrons. The van der Waals surface area contributed by atoms with Crippen LogP contribution in [0.2, 0.25) is 5.02 Å². The molecule has 2 aromatic carbocycles. The number of halogens is 1. The molecule has 1 unspecified atom stereocenters. The summed E-state index contributed by atoms with van der Waals surface area (Å²) in [6.07, 6.45) is 1.42. The third-order valence-corrected chi connectivity index (χ3v) is 3.93. The van der Waals surface area contributed by atoms with E-state index >= 15 is 0 Å². The van der Waals surface area contributed by atoms with Gasteiger partial charge in [0, 0.05) is 17.9 Å². The summed E-state index contributed by atoms with van der Waals surface area (Å²) in [5.74, 6) is -0.147. The lowest BCUT2D eigenvalue weighted by Crippen LogP contribution is -2.32. The molecule has 2 aromatic rings. The fourth-order valence-electron chi connectivity index (χ4n) is 2.83. The molecule has 0 amide bonds. The number of carboxylic acids is 1. The highest BCUT2D eigenvalue weighted by atomic mass is 35.5. The smallest absolute Gasteiger partial charge is 0.335 e. The lowest BCUT2D eigenvalue weighted by atomic mass is 9.91. The van der Waals surface area contributed by atoms with E-state index in [0.29, 0.717) is 17.0 Å². The summed E-state index contributed by atoms with van der Waals surface area (Å²) < 4.78 is 6.04. The number of carbonyl (C=O) groups is 1. The van der Waals surface area contributed by atoms with Gasteiger partial charge in [0.2, 0.25) is 0 Å². The maximum atomic E-state index is 11.0. The third kappa shape index (κ3) is 2.88. The highest BCUT2D eigenvalue weighted by Gasteiger charge is 2.35. The number of aromatic carboxylic acids is 1. The van der Waals surface area contributed by atoms with E-state index in [2.05, 4.69) is 0 Å². The first-order valence-corrected chi connectivity index (χ1v) is 7.13. The van der Waals surface area contributed by atoms with Crippen molar-refractivity contribution in [1.82, 2.24) is 0 Å². The van der Waals surface area contributed by atoms with E-state index in [1.54, 1.807) is 18.2 Å². The van der Waals surface area contributed by atoms with Crippen molar-refractivity contribution in [3.05, 3.63) is 64.2 Å². The Morgan fingerprint density at radius 2 is 2.14 bits per heavy atom. The zero-order valence-electron chi connectivity index (χ0n) is 11.6. The largest absolute Gasteiger partial charge is 0.487 e. The molecule has 0 bridgehead atoms. The average Bonchev–Trinajstić information content (AvgIpc) is 2.73. The first-order chi connectivity index (χ1) is 9.95. The second-order valence-corrected chi connectivity index (χ2v) is 6.10. The summed E-state index contributed by atoms with van der Waals surface area (Å²) >= 11 is 6.01. The van der Waals surface area contributed by atoms with Gasteiger partial charge in [-0.2, -0.15) is 0 Å². The van der Waals surface area contributed by atoms with Crippen LogP contribution in [0, 0.1) is 0 Å². The molecular weight excluding hydrogens is 288 g/mol. The number of carboxylic acid groups (broad SMARTS) is 1. The molecule has 0 saturated carbocycles. The standard InChI is InChI=1S/C17H15ClO3/c1-17(9-11-3-2-4-14(18)7-11)10-13-8-12(16(19)20)5-6-15(13)21-17/h2-8H,9-10H2,1H3,(H,19,20). The Bertz CT molecular complexity index is 711. The molecule has 3 rings (SSSR count). The van der Waals surface area contributed by atoms with E-state index in [0.717, 1.165) is 23.3 Å². The lowest BCUT2D eigenvalue weighted by Gasteiger charge is -2.24. The van der Waals surface area contributed by atoms with E-state index in [1.165, 1.54) is 0 Å². The van der Waals surface area contributed by atoms with Gasteiger partial charge in [0.05, 0.1) is 5.56 Å². The molecule has 0 saturated heterocycles. The molecule has 4 heteroatoms. The topological polar surface area (TPSA) is 46.5 Å². The zero-order chi connectivity index (χ0) is 15.0. The quantitative estimate of drug-likeness (QED) is 0.933. The van der Waals surface area contributed by atoms with E-state index < -0.39 is 5.97 Å². The Hall–Kier alpha value is -2.00. The van der Waals surface area contributed by atoms with Crippen molar-refractivity contribution in [3.63, 3.8) is 0 Å². The average molecular weight is 303 g/mol. The predicted molar refractivity (Wildman–Crippen MR) is 81.3 cm³/mol. The van der Waals surface area contributed by atoms with Gasteiger partial charge in [-0.3, -0.25) is 0 Å². The summed E-state index contributed by atoms with van der Waals surface area (Å²) in [4.78, 5) is 11.0. The fourth-order valence-corrected chi connectivity index (χ4v) is 3.04. The maximum absolute atomic E-state index is 11.0. The Morgan fingerprint density at radius 3 is 2.86 bits per heavy atom. The van der Waals surface area contributed by atoms with Crippen LogP contribution in [-0.4, -0.2) is 16.7 Å². The number of ether oxygens (including phenoxy) is 1. The molecule has 0 fully saturated rings. The number of benzene rings is 2. The van der Waals surface area contributed by atoms with Crippen LogP contribution < -0.4 is 4.74 Å². The van der Waals surface area contributed by atoms with Crippen molar-refractivity contribution < 1.29 is 14.6 Å². The number of fused-ring (bicyclic) bond motifs is 1. The summed E-state index contributed by atoms with van der Waals surface area (Å²) in [6, 6.07) is 12.7.